The second kappa shape index (κ2) is 5.92. The zero-order valence-corrected chi connectivity index (χ0v) is 6.53. The van der Waals surface area contributed by atoms with Crippen LogP contribution in [0.15, 0.2) is 11.8 Å². The predicted molar refractivity (Wildman–Crippen MR) is 39.5 cm³/mol. The lowest BCUT2D eigenvalue weighted by Crippen LogP contribution is -2.14. The third-order valence-corrected chi connectivity index (χ3v) is 0.887. The lowest BCUT2D eigenvalue weighted by molar-refractivity contribution is -0.135. The summed E-state index contributed by atoms with van der Waals surface area (Å²) in [6.07, 6.45) is 1.47. The van der Waals surface area contributed by atoms with Crippen molar-refractivity contribution in [1.29, 1.82) is 5.26 Å². The number of nitriles is 1. The Morgan fingerprint density at radius 3 is 2.83 bits per heavy atom. The monoisotopic (exact) mass is 168 g/mol. The van der Waals surface area contributed by atoms with Crippen LogP contribution < -0.4 is 5.32 Å². The van der Waals surface area contributed by atoms with E-state index in [4.69, 9.17) is 5.26 Å². The van der Waals surface area contributed by atoms with Gasteiger partial charge in [-0.05, 0) is 0 Å². The zero-order chi connectivity index (χ0) is 9.40. The molecule has 64 valence electrons. The van der Waals surface area contributed by atoms with Gasteiger partial charge in [0.15, 0.2) is 0 Å². The van der Waals surface area contributed by atoms with Crippen molar-refractivity contribution in [2.75, 3.05) is 6.54 Å². The highest BCUT2D eigenvalue weighted by molar-refractivity contribution is 5.66. The molecule has 0 aliphatic heterocycles. The number of carbonyl (C=O) groups excluding carboxylic acids is 2. The highest BCUT2D eigenvalue weighted by Crippen LogP contribution is 1.90. The summed E-state index contributed by atoms with van der Waals surface area (Å²) in [6, 6.07) is 1.75. The van der Waals surface area contributed by atoms with E-state index in [2.05, 4.69) is 10.1 Å². The summed E-state index contributed by atoms with van der Waals surface area (Å²) in [4.78, 5) is 20.1. The molecule has 0 aromatic rings. The quantitative estimate of drug-likeness (QED) is 0.270. The molecular weight excluding hydrogens is 160 g/mol. The molecule has 12 heavy (non-hydrogen) atoms. The summed E-state index contributed by atoms with van der Waals surface area (Å²) in [6.45, 7) is 1.28. The van der Waals surface area contributed by atoms with E-state index in [0.29, 0.717) is 6.41 Å². The predicted octanol–water partition coefficient (Wildman–Crippen LogP) is -0.297. The molecule has 0 rings (SSSR count). The summed E-state index contributed by atoms with van der Waals surface area (Å²) in [5, 5.41) is 10.7. The molecule has 0 saturated heterocycles. The molecule has 0 aromatic heterocycles. The molecule has 0 unspecified atom stereocenters. The van der Waals surface area contributed by atoms with Crippen molar-refractivity contribution in [2.24, 2.45) is 0 Å². The summed E-state index contributed by atoms with van der Waals surface area (Å²) in [5.74, 6) is -0.506. The molecule has 1 amide bonds. The lowest BCUT2D eigenvalue weighted by atomic mass is 10.3. The van der Waals surface area contributed by atoms with Gasteiger partial charge in [0.2, 0.25) is 6.41 Å². The van der Waals surface area contributed by atoms with Gasteiger partial charge in [0, 0.05) is 6.92 Å². The van der Waals surface area contributed by atoms with E-state index < -0.39 is 5.97 Å². The van der Waals surface area contributed by atoms with Crippen molar-refractivity contribution >= 4 is 12.4 Å². The van der Waals surface area contributed by atoms with E-state index in [1.54, 1.807) is 6.07 Å². The minimum atomic E-state index is -0.506. The van der Waals surface area contributed by atoms with Crippen LogP contribution in [0.5, 0.6) is 0 Å². The van der Waals surface area contributed by atoms with Gasteiger partial charge in [-0.15, -0.1) is 0 Å². The fourth-order valence-corrected chi connectivity index (χ4v) is 0.413. The van der Waals surface area contributed by atoms with E-state index in [1.807, 2.05) is 0 Å². The van der Waals surface area contributed by atoms with Gasteiger partial charge in [0.1, 0.15) is 6.26 Å². The van der Waals surface area contributed by atoms with Crippen LogP contribution in [-0.4, -0.2) is 18.9 Å². The van der Waals surface area contributed by atoms with Crippen LogP contribution in [-0.2, 0) is 14.3 Å². The van der Waals surface area contributed by atoms with E-state index in [9.17, 15) is 9.59 Å². The van der Waals surface area contributed by atoms with Gasteiger partial charge in [0.05, 0.1) is 18.2 Å². The van der Waals surface area contributed by atoms with Crippen molar-refractivity contribution < 1.29 is 14.3 Å². The molecule has 0 bridgehead atoms. The molecule has 0 aromatic carbocycles. The molecule has 0 atom stereocenters. The Bertz CT molecular complexity index is 240. The van der Waals surface area contributed by atoms with Crippen LogP contribution >= 0.6 is 0 Å². The minimum Gasteiger partial charge on any atom is -0.434 e. The number of carbonyl (C=O) groups is 2. The van der Waals surface area contributed by atoms with E-state index >= 15 is 0 Å². The summed E-state index contributed by atoms with van der Waals surface area (Å²) in [5.41, 5.74) is 0.178. The highest BCUT2D eigenvalue weighted by atomic mass is 16.5. The molecular formula is C7H8N2O3. The molecule has 0 saturated carbocycles. The molecule has 0 heterocycles. The molecule has 0 aliphatic carbocycles. The van der Waals surface area contributed by atoms with E-state index in [1.165, 1.54) is 6.92 Å². The summed E-state index contributed by atoms with van der Waals surface area (Å²) >= 11 is 0. The normalized spacial score (nSPS) is 9.83. The van der Waals surface area contributed by atoms with E-state index in [-0.39, 0.29) is 12.1 Å². The van der Waals surface area contributed by atoms with Crippen LogP contribution in [0.4, 0.5) is 0 Å². The van der Waals surface area contributed by atoms with Crippen molar-refractivity contribution in [3.05, 3.63) is 11.8 Å². The number of ether oxygens (including phenoxy) is 1. The molecule has 5 heteroatoms. The first-order valence-electron chi connectivity index (χ1n) is 3.14. The average Bonchev–Trinajstić information content (AvgIpc) is 2.05. The second-order valence-electron chi connectivity index (χ2n) is 1.86. The Hall–Kier alpha value is -1.83. The Morgan fingerprint density at radius 2 is 2.42 bits per heavy atom. The minimum absolute atomic E-state index is 0.0628. The maximum Gasteiger partial charge on any atom is 0.307 e. The first-order valence-corrected chi connectivity index (χ1v) is 3.14. The van der Waals surface area contributed by atoms with Crippen LogP contribution in [0.3, 0.4) is 0 Å². The number of nitrogens with one attached hydrogen (secondary N) is 1. The first-order chi connectivity index (χ1) is 5.70. The average molecular weight is 168 g/mol. The zero-order valence-electron chi connectivity index (χ0n) is 6.53. The first kappa shape index (κ1) is 10.2. The Balaban J connectivity index is 3.97. The van der Waals surface area contributed by atoms with E-state index in [0.717, 1.165) is 6.26 Å². The largest absolute Gasteiger partial charge is 0.434 e. The fourth-order valence-electron chi connectivity index (χ4n) is 0.413. The van der Waals surface area contributed by atoms with Crippen LogP contribution in [0.25, 0.3) is 0 Å². The topological polar surface area (TPSA) is 79.2 Å². The van der Waals surface area contributed by atoms with Gasteiger partial charge >= 0.3 is 5.97 Å². The van der Waals surface area contributed by atoms with Gasteiger partial charge in [-0.2, -0.15) is 5.26 Å². The summed E-state index contributed by atoms with van der Waals surface area (Å²) in [7, 11) is 0. The van der Waals surface area contributed by atoms with Crippen molar-refractivity contribution in [1.82, 2.24) is 5.32 Å². The Morgan fingerprint density at radius 1 is 1.75 bits per heavy atom. The molecule has 0 radical (unpaired) electrons. The van der Waals surface area contributed by atoms with Crippen molar-refractivity contribution in [3.8, 4) is 6.07 Å². The Kier molecular flexibility index (Phi) is 5.02. The highest BCUT2D eigenvalue weighted by Gasteiger charge is 1.95. The maximum absolute atomic E-state index is 10.3. The molecule has 1 N–H and O–H groups in total. The van der Waals surface area contributed by atoms with Gasteiger partial charge in [-0.3, -0.25) is 9.59 Å². The third-order valence-electron chi connectivity index (χ3n) is 0.887. The fraction of sp³-hybridized carbons (Fsp3) is 0.286. The van der Waals surface area contributed by atoms with Gasteiger partial charge < -0.3 is 10.1 Å². The van der Waals surface area contributed by atoms with Crippen LogP contribution in [0.2, 0.25) is 0 Å². The second-order valence-corrected chi connectivity index (χ2v) is 1.86. The van der Waals surface area contributed by atoms with Gasteiger partial charge in [-0.1, -0.05) is 0 Å². The maximum atomic E-state index is 10.3. The van der Waals surface area contributed by atoms with Crippen molar-refractivity contribution in [2.45, 2.75) is 6.92 Å². The van der Waals surface area contributed by atoms with Gasteiger partial charge in [-0.25, -0.2) is 0 Å². The molecule has 0 aliphatic rings. The Labute approximate surface area is 69.6 Å². The lowest BCUT2D eigenvalue weighted by Gasteiger charge is -1.95. The third kappa shape index (κ3) is 4.99. The van der Waals surface area contributed by atoms with Crippen LogP contribution in [0, 0.1) is 11.3 Å². The van der Waals surface area contributed by atoms with Crippen molar-refractivity contribution in [3.63, 3.8) is 0 Å². The summed E-state index contributed by atoms with van der Waals surface area (Å²) < 4.78 is 4.41. The van der Waals surface area contributed by atoms with Crippen LogP contribution in [0.1, 0.15) is 6.92 Å². The number of hydrogen-bond acceptors (Lipinski definition) is 4. The number of hydrogen-bond donors (Lipinski definition) is 1. The SMILES string of the molecule is CC(=O)O/C=C(/C#N)CNC=O. The smallest absolute Gasteiger partial charge is 0.307 e. The molecule has 5 nitrogen and oxygen atoms in total. The number of amides is 1. The molecule has 0 fully saturated rings. The number of esters is 1. The van der Waals surface area contributed by atoms with Gasteiger partial charge in [0.25, 0.3) is 0 Å². The number of nitrogens with zero attached hydrogens (tertiary/aromatic N) is 1. The number of rotatable bonds is 4. The molecule has 0 spiro atoms. The standard InChI is InChI=1S/C7H8N2O3/c1-6(11)12-4-7(2-8)3-9-5-10/h4-5H,3H2,1H3,(H,9,10)/b7-4-.